The summed E-state index contributed by atoms with van der Waals surface area (Å²) in [6.07, 6.45) is 4.77. The minimum Gasteiger partial charge on any atom is -0.490 e. The van der Waals surface area contributed by atoms with Gasteiger partial charge in [0.1, 0.15) is 42.4 Å². The third-order valence-corrected chi connectivity index (χ3v) is 6.83. The maximum Gasteiger partial charge on any atom is 0.171 e. The monoisotopic (exact) mass is 537 g/mol. The first-order chi connectivity index (χ1) is 18.1. The maximum atomic E-state index is 12.6. The number of nitrogens with one attached hydrogen (secondary N) is 2. The lowest BCUT2D eigenvalue weighted by Gasteiger charge is -2.27. The van der Waals surface area contributed by atoms with E-state index in [-0.39, 0.29) is 18.3 Å². The van der Waals surface area contributed by atoms with E-state index in [1.54, 1.807) is 18.3 Å². The van der Waals surface area contributed by atoms with E-state index in [9.17, 15) is 4.79 Å². The summed E-state index contributed by atoms with van der Waals surface area (Å²) in [5.41, 5.74) is 1.44. The van der Waals surface area contributed by atoms with Crippen LogP contribution in [0.1, 0.15) is 18.5 Å². The van der Waals surface area contributed by atoms with Crippen molar-refractivity contribution in [2.75, 3.05) is 24.3 Å². The quantitative estimate of drug-likeness (QED) is 0.262. The Balaban J connectivity index is 1.36. The Labute approximate surface area is 224 Å². The smallest absolute Gasteiger partial charge is 0.171 e. The number of anilines is 2. The lowest BCUT2D eigenvalue weighted by molar-refractivity contribution is -0.123. The molecule has 1 atom stereocenters. The Morgan fingerprint density at radius 2 is 1.97 bits per heavy atom. The second-order valence-electron chi connectivity index (χ2n) is 8.71. The zero-order valence-electron chi connectivity index (χ0n) is 19.9. The number of halogens is 2. The van der Waals surface area contributed by atoms with E-state index in [1.807, 2.05) is 42.5 Å². The van der Waals surface area contributed by atoms with Gasteiger partial charge in [-0.1, -0.05) is 23.7 Å². The number of pyridine rings is 1. The van der Waals surface area contributed by atoms with E-state index in [2.05, 4.69) is 25.6 Å². The van der Waals surface area contributed by atoms with Crippen molar-refractivity contribution in [2.24, 2.45) is 0 Å². The van der Waals surface area contributed by atoms with Gasteiger partial charge in [-0.2, -0.15) is 0 Å². The number of ketones is 1. The van der Waals surface area contributed by atoms with Gasteiger partial charge in [0.05, 0.1) is 27.5 Å². The van der Waals surface area contributed by atoms with E-state index < -0.39 is 5.54 Å². The van der Waals surface area contributed by atoms with Crippen molar-refractivity contribution in [3.63, 3.8) is 0 Å². The molecule has 0 amide bonds. The molecule has 1 fully saturated rings. The molecule has 0 aliphatic carbocycles. The predicted octanol–water partition coefficient (Wildman–Crippen LogP) is 5.31. The van der Waals surface area contributed by atoms with E-state index in [0.29, 0.717) is 46.3 Å². The van der Waals surface area contributed by atoms with Crippen molar-refractivity contribution in [3.8, 4) is 11.5 Å². The number of nitrogens with zero attached hydrogens (tertiary/aromatic N) is 3. The molecule has 2 aromatic heterocycles. The van der Waals surface area contributed by atoms with Gasteiger partial charge in [-0.3, -0.25) is 9.78 Å². The van der Waals surface area contributed by atoms with Crippen LogP contribution >= 0.6 is 23.2 Å². The first-order valence-corrected chi connectivity index (χ1v) is 12.8. The number of alkyl halides is 1. The van der Waals surface area contributed by atoms with Crippen LogP contribution in [0.25, 0.3) is 10.9 Å². The van der Waals surface area contributed by atoms with Gasteiger partial charge in [0.15, 0.2) is 5.78 Å². The fourth-order valence-corrected chi connectivity index (χ4v) is 4.83. The number of hydrogen-bond acceptors (Lipinski definition) is 8. The SMILES string of the molecule is O=C(CCl)[C@]1(COc2cccc3ncnc(Nc4ccc(OCc5ccccn5)c(Cl)c4)c23)CCCN1. The van der Waals surface area contributed by atoms with Crippen molar-refractivity contribution in [1.82, 2.24) is 20.3 Å². The van der Waals surface area contributed by atoms with Crippen LogP contribution < -0.4 is 20.1 Å². The summed E-state index contributed by atoms with van der Waals surface area (Å²) in [5, 5.41) is 7.75. The number of Topliss-reactive ketones (excluding diaryl/α,β-unsaturated/α-hetero) is 1. The van der Waals surface area contributed by atoms with Crippen LogP contribution in [0.15, 0.2) is 67.1 Å². The molecule has 0 spiro atoms. The largest absolute Gasteiger partial charge is 0.490 e. The first-order valence-electron chi connectivity index (χ1n) is 11.9. The van der Waals surface area contributed by atoms with E-state index in [0.717, 1.165) is 24.3 Å². The fraction of sp³-hybridized carbons (Fsp3) is 0.259. The van der Waals surface area contributed by atoms with E-state index in [4.69, 9.17) is 32.7 Å². The second-order valence-corrected chi connectivity index (χ2v) is 9.38. The zero-order chi connectivity index (χ0) is 25.7. The minimum absolute atomic E-state index is 0.0653. The molecule has 3 heterocycles. The van der Waals surface area contributed by atoms with Crippen LogP contribution in [-0.2, 0) is 11.4 Å². The lowest BCUT2D eigenvalue weighted by atomic mass is 9.94. The van der Waals surface area contributed by atoms with Gasteiger partial charge in [0.25, 0.3) is 0 Å². The molecule has 1 saturated heterocycles. The predicted molar refractivity (Wildman–Crippen MR) is 144 cm³/mol. The topological polar surface area (TPSA) is 98.3 Å². The number of ether oxygens (including phenoxy) is 2. The third kappa shape index (κ3) is 5.61. The first kappa shape index (κ1) is 25.2. The summed E-state index contributed by atoms with van der Waals surface area (Å²) >= 11 is 12.4. The van der Waals surface area contributed by atoms with Crippen molar-refractivity contribution in [1.29, 1.82) is 0 Å². The summed E-state index contributed by atoms with van der Waals surface area (Å²) < 4.78 is 12.0. The highest BCUT2D eigenvalue weighted by molar-refractivity contribution is 6.32. The molecule has 8 nitrogen and oxygen atoms in total. The number of carbonyl (C=O) groups is 1. The van der Waals surface area contributed by atoms with Crippen molar-refractivity contribution in [3.05, 3.63) is 77.8 Å². The molecule has 0 saturated carbocycles. The number of hydrogen-bond donors (Lipinski definition) is 2. The van der Waals surface area contributed by atoms with Gasteiger partial charge in [-0.05, 0) is 61.9 Å². The lowest BCUT2D eigenvalue weighted by Crippen LogP contribution is -2.53. The molecule has 10 heteroatoms. The maximum absolute atomic E-state index is 12.6. The normalized spacial score (nSPS) is 17.0. The molecular weight excluding hydrogens is 513 g/mol. The Kier molecular flexibility index (Phi) is 7.69. The highest BCUT2D eigenvalue weighted by Gasteiger charge is 2.41. The minimum atomic E-state index is -0.786. The van der Waals surface area contributed by atoms with Crippen LogP contribution in [0.2, 0.25) is 5.02 Å². The molecule has 37 heavy (non-hydrogen) atoms. The molecule has 1 aliphatic heterocycles. The highest BCUT2D eigenvalue weighted by Crippen LogP contribution is 2.35. The number of aromatic nitrogens is 3. The Morgan fingerprint density at radius 3 is 2.73 bits per heavy atom. The van der Waals surface area contributed by atoms with Gasteiger partial charge in [-0.25, -0.2) is 9.97 Å². The summed E-state index contributed by atoms with van der Waals surface area (Å²) in [6, 6.07) is 16.6. The number of carbonyl (C=O) groups excluding carboxylic acids is 1. The van der Waals surface area contributed by atoms with Crippen LogP contribution in [0.5, 0.6) is 11.5 Å². The summed E-state index contributed by atoms with van der Waals surface area (Å²) in [4.78, 5) is 25.7. The van der Waals surface area contributed by atoms with Crippen LogP contribution in [-0.4, -0.2) is 45.3 Å². The average molecular weight is 538 g/mol. The van der Waals surface area contributed by atoms with Crippen molar-refractivity contribution in [2.45, 2.75) is 25.0 Å². The molecule has 2 aromatic carbocycles. The van der Waals surface area contributed by atoms with Gasteiger partial charge >= 0.3 is 0 Å². The van der Waals surface area contributed by atoms with Gasteiger partial charge in [-0.15, -0.1) is 11.6 Å². The van der Waals surface area contributed by atoms with Crippen LogP contribution in [0.3, 0.4) is 0 Å². The second kappa shape index (κ2) is 11.3. The molecule has 5 rings (SSSR count). The van der Waals surface area contributed by atoms with E-state index >= 15 is 0 Å². The Hall–Kier alpha value is -3.46. The van der Waals surface area contributed by atoms with Crippen molar-refractivity contribution >= 4 is 51.4 Å². The van der Waals surface area contributed by atoms with Gasteiger partial charge in [0.2, 0.25) is 0 Å². The summed E-state index contributed by atoms with van der Waals surface area (Å²) in [7, 11) is 0. The van der Waals surface area contributed by atoms with E-state index in [1.165, 1.54) is 6.33 Å². The number of benzene rings is 2. The number of rotatable bonds is 10. The van der Waals surface area contributed by atoms with Gasteiger partial charge < -0.3 is 20.1 Å². The van der Waals surface area contributed by atoms with Gasteiger partial charge in [0, 0.05) is 11.9 Å². The molecule has 0 bridgehead atoms. The zero-order valence-corrected chi connectivity index (χ0v) is 21.4. The molecule has 2 N–H and O–H groups in total. The van der Waals surface area contributed by atoms with Crippen molar-refractivity contribution < 1.29 is 14.3 Å². The molecule has 190 valence electrons. The molecule has 1 aliphatic rings. The molecular formula is C27H25Cl2N5O3. The standard InChI is InChI=1S/C27H25Cl2N5O3/c28-14-24(35)27(10-4-12-33-27)16-37-23-7-3-6-21-25(23)26(32-17-31-21)34-18-8-9-22(20(29)13-18)36-15-19-5-1-2-11-30-19/h1-3,5-9,11,13,17,33H,4,10,12,14-16H2,(H,31,32,34)/t27-/m1/s1. The number of fused-ring (bicyclic) bond motifs is 1. The third-order valence-electron chi connectivity index (χ3n) is 6.29. The molecule has 4 aromatic rings. The molecule has 0 unspecified atom stereocenters. The average Bonchev–Trinajstić information content (AvgIpc) is 3.42. The van der Waals surface area contributed by atoms with Crippen LogP contribution in [0, 0.1) is 0 Å². The van der Waals surface area contributed by atoms with Crippen LogP contribution in [0.4, 0.5) is 11.5 Å². The highest BCUT2D eigenvalue weighted by atomic mass is 35.5. The summed E-state index contributed by atoms with van der Waals surface area (Å²) in [6.45, 7) is 1.23. The Morgan fingerprint density at radius 1 is 1.05 bits per heavy atom. The Bertz CT molecular complexity index is 1390. The summed E-state index contributed by atoms with van der Waals surface area (Å²) in [5.74, 6) is 1.53. The fourth-order valence-electron chi connectivity index (χ4n) is 4.34. The molecule has 0 radical (unpaired) electrons.